The SMILES string of the molecule is COc1cccc(C(=O)N(C)Cc2ccccc2Cl)c1O. The van der Waals surface area contributed by atoms with Crippen LogP contribution in [0.25, 0.3) is 0 Å². The van der Waals surface area contributed by atoms with Crippen LogP contribution in [0.3, 0.4) is 0 Å². The minimum absolute atomic E-state index is 0.156. The standard InChI is InChI=1S/C16H16ClNO3/c1-18(10-11-6-3-4-8-13(11)17)16(20)12-7-5-9-14(21-2)15(12)19/h3-9,19H,10H2,1-2H3. The number of nitrogens with zero attached hydrogens (tertiary/aromatic N) is 1. The molecule has 0 fully saturated rings. The first kappa shape index (κ1) is 15.2. The zero-order chi connectivity index (χ0) is 15.4. The Morgan fingerprint density at radius 2 is 1.95 bits per heavy atom. The summed E-state index contributed by atoms with van der Waals surface area (Å²) >= 11 is 6.09. The number of benzene rings is 2. The van der Waals surface area contributed by atoms with Crippen molar-refractivity contribution in [1.29, 1.82) is 0 Å². The number of carbonyl (C=O) groups is 1. The van der Waals surface area contributed by atoms with Crippen LogP contribution < -0.4 is 4.74 Å². The third kappa shape index (κ3) is 3.28. The average Bonchev–Trinajstić information content (AvgIpc) is 2.49. The molecule has 1 amide bonds. The van der Waals surface area contributed by atoms with Crippen LogP contribution in [0.4, 0.5) is 0 Å². The number of amides is 1. The Hall–Kier alpha value is -2.20. The topological polar surface area (TPSA) is 49.8 Å². The van der Waals surface area contributed by atoms with Crippen molar-refractivity contribution >= 4 is 17.5 Å². The lowest BCUT2D eigenvalue weighted by molar-refractivity contribution is 0.0781. The summed E-state index contributed by atoms with van der Waals surface area (Å²) in [5.74, 6) is -0.186. The van der Waals surface area contributed by atoms with E-state index in [9.17, 15) is 9.90 Å². The lowest BCUT2D eigenvalue weighted by Crippen LogP contribution is -2.26. The van der Waals surface area contributed by atoms with E-state index in [0.29, 0.717) is 11.6 Å². The minimum atomic E-state index is -0.300. The average molecular weight is 306 g/mol. The molecule has 5 heteroatoms. The molecule has 0 bridgehead atoms. The van der Waals surface area contributed by atoms with Crippen molar-refractivity contribution in [2.75, 3.05) is 14.2 Å². The highest BCUT2D eigenvalue weighted by molar-refractivity contribution is 6.31. The van der Waals surface area contributed by atoms with Gasteiger partial charge in [0.25, 0.3) is 5.91 Å². The number of halogens is 1. The van der Waals surface area contributed by atoms with E-state index in [1.54, 1.807) is 31.3 Å². The lowest BCUT2D eigenvalue weighted by Gasteiger charge is -2.19. The van der Waals surface area contributed by atoms with E-state index in [-0.39, 0.29) is 23.0 Å². The molecule has 0 spiro atoms. The largest absolute Gasteiger partial charge is 0.504 e. The number of aromatic hydroxyl groups is 1. The van der Waals surface area contributed by atoms with E-state index >= 15 is 0 Å². The third-order valence-corrected chi connectivity index (χ3v) is 3.53. The summed E-state index contributed by atoms with van der Waals surface area (Å²) in [6.07, 6.45) is 0. The minimum Gasteiger partial charge on any atom is -0.504 e. The zero-order valence-electron chi connectivity index (χ0n) is 11.8. The van der Waals surface area contributed by atoms with Gasteiger partial charge in [0.15, 0.2) is 11.5 Å². The maximum atomic E-state index is 12.4. The molecule has 2 rings (SSSR count). The number of hydrogen-bond acceptors (Lipinski definition) is 3. The Labute approximate surface area is 128 Å². The Morgan fingerprint density at radius 1 is 1.24 bits per heavy atom. The summed E-state index contributed by atoms with van der Waals surface area (Å²) in [5, 5.41) is 10.6. The second-order valence-corrected chi connectivity index (χ2v) is 5.02. The molecule has 4 nitrogen and oxygen atoms in total. The summed E-state index contributed by atoms with van der Waals surface area (Å²) in [7, 11) is 3.10. The fraction of sp³-hybridized carbons (Fsp3) is 0.188. The van der Waals surface area contributed by atoms with Crippen LogP contribution >= 0.6 is 11.6 Å². The maximum Gasteiger partial charge on any atom is 0.257 e. The number of rotatable bonds is 4. The van der Waals surface area contributed by atoms with Gasteiger partial charge in [-0.15, -0.1) is 0 Å². The number of carbonyl (C=O) groups excluding carboxylic acids is 1. The Morgan fingerprint density at radius 3 is 2.62 bits per heavy atom. The first-order chi connectivity index (χ1) is 10.0. The van der Waals surface area contributed by atoms with Crippen molar-refractivity contribution in [3.8, 4) is 11.5 Å². The monoisotopic (exact) mass is 305 g/mol. The van der Waals surface area contributed by atoms with E-state index < -0.39 is 0 Å². The molecule has 1 N–H and O–H groups in total. The van der Waals surface area contributed by atoms with Crippen LogP contribution in [0.2, 0.25) is 5.02 Å². The van der Waals surface area contributed by atoms with Crippen molar-refractivity contribution in [2.45, 2.75) is 6.54 Å². The maximum absolute atomic E-state index is 12.4. The fourth-order valence-electron chi connectivity index (χ4n) is 2.02. The van der Waals surface area contributed by atoms with Gasteiger partial charge < -0.3 is 14.7 Å². The molecule has 110 valence electrons. The summed E-state index contributed by atoms with van der Waals surface area (Å²) < 4.78 is 5.01. The van der Waals surface area contributed by atoms with Gasteiger partial charge in [0, 0.05) is 18.6 Å². The normalized spacial score (nSPS) is 10.2. The molecule has 0 heterocycles. The molecule has 0 atom stereocenters. The first-order valence-electron chi connectivity index (χ1n) is 6.39. The molecule has 0 aliphatic rings. The Kier molecular flexibility index (Phi) is 4.70. The van der Waals surface area contributed by atoms with Crippen LogP contribution in [0, 0.1) is 0 Å². The zero-order valence-corrected chi connectivity index (χ0v) is 12.6. The number of methoxy groups -OCH3 is 1. The summed E-state index contributed by atoms with van der Waals surface area (Å²) in [6, 6.07) is 12.2. The second kappa shape index (κ2) is 6.50. The number of hydrogen-bond donors (Lipinski definition) is 1. The van der Waals surface area contributed by atoms with E-state index in [0.717, 1.165) is 5.56 Å². The summed E-state index contributed by atoms with van der Waals surface area (Å²) in [6.45, 7) is 0.356. The molecule has 21 heavy (non-hydrogen) atoms. The number of phenols is 1. The quantitative estimate of drug-likeness (QED) is 0.942. The van der Waals surface area contributed by atoms with Gasteiger partial charge in [0.05, 0.1) is 12.7 Å². The highest BCUT2D eigenvalue weighted by Gasteiger charge is 2.19. The molecule has 0 aromatic heterocycles. The van der Waals surface area contributed by atoms with Crippen molar-refractivity contribution in [3.05, 3.63) is 58.6 Å². The molecule has 0 aliphatic heterocycles. The van der Waals surface area contributed by atoms with Gasteiger partial charge in [-0.1, -0.05) is 35.9 Å². The predicted octanol–water partition coefficient (Wildman–Crippen LogP) is 3.33. The predicted molar refractivity (Wildman–Crippen MR) is 81.9 cm³/mol. The third-order valence-electron chi connectivity index (χ3n) is 3.16. The number of para-hydroxylation sites is 1. The number of ether oxygens (including phenoxy) is 1. The molecule has 0 saturated carbocycles. The van der Waals surface area contributed by atoms with Gasteiger partial charge in [-0.2, -0.15) is 0 Å². The van der Waals surface area contributed by atoms with Gasteiger partial charge in [-0.3, -0.25) is 4.79 Å². The van der Waals surface area contributed by atoms with Crippen LogP contribution in [-0.4, -0.2) is 30.1 Å². The fourth-order valence-corrected chi connectivity index (χ4v) is 2.21. The molecule has 2 aromatic rings. The van der Waals surface area contributed by atoms with Gasteiger partial charge >= 0.3 is 0 Å². The molecule has 2 aromatic carbocycles. The van der Waals surface area contributed by atoms with Crippen molar-refractivity contribution in [1.82, 2.24) is 4.90 Å². The lowest BCUT2D eigenvalue weighted by atomic mass is 10.1. The highest BCUT2D eigenvalue weighted by atomic mass is 35.5. The van der Waals surface area contributed by atoms with Gasteiger partial charge in [0.1, 0.15) is 0 Å². The van der Waals surface area contributed by atoms with Crippen LogP contribution in [-0.2, 0) is 6.54 Å². The van der Waals surface area contributed by atoms with Crippen LogP contribution in [0.5, 0.6) is 11.5 Å². The smallest absolute Gasteiger partial charge is 0.257 e. The molecule has 0 saturated heterocycles. The van der Waals surface area contributed by atoms with E-state index in [4.69, 9.17) is 16.3 Å². The van der Waals surface area contributed by atoms with Crippen molar-refractivity contribution in [2.24, 2.45) is 0 Å². The van der Waals surface area contributed by atoms with Crippen molar-refractivity contribution < 1.29 is 14.6 Å². The van der Waals surface area contributed by atoms with Crippen molar-refractivity contribution in [3.63, 3.8) is 0 Å². The molecular weight excluding hydrogens is 290 g/mol. The van der Waals surface area contributed by atoms with E-state index in [1.807, 2.05) is 18.2 Å². The summed E-state index contributed by atoms with van der Waals surface area (Å²) in [5.41, 5.74) is 1.04. The van der Waals surface area contributed by atoms with E-state index in [2.05, 4.69) is 0 Å². The van der Waals surface area contributed by atoms with Gasteiger partial charge in [0.2, 0.25) is 0 Å². The summed E-state index contributed by atoms with van der Waals surface area (Å²) in [4.78, 5) is 13.9. The second-order valence-electron chi connectivity index (χ2n) is 4.61. The Balaban J connectivity index is 2.22. The van der Waals surface area contributed by atoms with Crippen LogP contribution in [0.15, 0.2) is 42.5 Å². The van der Waals surface area contributed by atoms with Gasteiger partial charge in [-0.05, 0) is 23.8 Å². The van der Waals surface area contributed by atoms with E-state index in [1.165, 1.54) is 12.0 Å². The van der Waals surface area contributed by atoms with Gasteiger partial charge in [-0.25, -0.2) is 0 Å². The molecular formula is C16H16ClNO3. The number of phenolic OH excluding ortho intramolecular Hbond substituents is 1. The molecule has 0 unspecified atom stereocenters. The molecule has 0 aliphatic carbocycles. The highest BCUT2D eigenvalue weighted by Crippen LogP contribution is 2.30. The molecule has 0 radical (unpaired) electrons. The Bertz CT molecular complexity index is 658. The van der Waals surface area contributed by atoms with Crippen LogP contribution in [0.1, 0.15) is 15.9 Å². The first-order valence-corrected chi connectivity index (χ1v) is 6.77.